The average molecular weight is 342 g/mol. The zero-order valence-electron chi connectivity index (χ0n) is 13.6. The summed E-state index contributed by atoms with van der Waals surface area (Å²) in [5.74, 6) is -0.235. The smallest absolute Gasteiger partial charge is 0.200 e. The van der Waals surface area contributed by atoms with Crippen molar-refractivity contribution < 1.29 is 9.90 Å². The molecule has 0 saturated heterocycles. The Morgan fingerprint density at radius 3 is 2.23 bits per heavy atom. The minimum atomic E-state index is -0.334. The van der Waals surface area contributed by atoms with Crippen molar-refractivity contribution in [3.05, 3.63) is 90.1 Å². The molecule has 0 atom stereocenters. The van der Waals surface area contributed by atoms with Crippen LogP contribution in [0.5, 0.6) is 0 Å². The third-order valence-electron chi connectivity index (χ3n) is 3.95. The molecule has 6 nitrogen and oxygen atoms in total. The number of hydrogen-bond donors (Lipinski definition) is 2. The lowest BCUT2D eigenvalue weighted by atomic mass is 9.99. The molecule has 126 valence electrons. The molecule has 2 aromatic heterocycles. The molecular formula is C20H14N4O2. The van der Waals surface area contributed by atoms with Crippen molar-refractivity contribution in [3.63, 3.8) is 0 Å². The Morgan fingerprint density at radius 1 is 0.923 bits per heavy atom. The Balaban J connectivity index is 1.93. The normalized spacial score (nSPS) is 12.0. The number of aliphatic hydroxyl groups excluding tert-OH is 1. The highest BCUT2D eigenvalue weighted by molar-refractivity contribution is 6.33. The molecule has 0 saturated carbocycles. The maximum absolute atomic E-state index is 13.1. The number of Topliss-reactive ketones (excluding diaryl/α,β-unsaturated/α-hetero) is 1. The van der Waals surface area contributed by atoms with Gasteiger partial charge in [0.2, 0.25) is 5.78 Å². The minimum Gasteiger partial charge on any atom is -0.506 e. The van der Waals surface area contributed by atoms with Crippen LogP contribution in [-0.4, -0.2) is 30.8 Å². The van der Waals surface area contributed by atoms with Gasteiger partial charge in [-0.3, -0.25) is 4.79 Å². The van der Waals surface area contributed by atoms with Gasteiger partial charge in [0.15, 0.2) is 5.65 Å². The van der Waals surface area contributed by atoms with Crippen LogP contribution in [0.25, 0.3) is 22.5 Å². The third-order valence-corrected chi connectivity index (χ3v) is 3.95. The van der Waals surface area contributed by atoms with Crippen LogP contribution in [-0.2, 0) is 0 Å². The molecule has 2 N–H and O–H groups in total. The maximum atomic E-state index is 13.1. The fourth-order valence-corrected chi connectivity index (χ4v) is 2.68. The molecular weight excluding hydrogens is 328 g/mol. The van der Waals surface area contributed by atoms with E-state index in [1.165, 1.54) is 6.33 Å². The van der Waals surface area contributed by atoms with Crippen molar-refractivity contribution >= 4 is 28.3 Å². The van der Waals surface area contributed by atoms with Crippen molar-refractivity contribution in [2.45, 2.75) is 0 Å². The number of imidazole rings is 1. The SMILES string of the molecule is O=C(C(=C(O)c1ccccc1)c1nc2ncncc2[nH]1)c1ccccc1. The summed E-state index contributed by atoms with van der Waals surface area (Å²) in [5, 5.41) is 10.9. The first kappa shape index (κ1) is 15.7. The van der Waals surface area contributed by atoms with E-state index in [0.717, 1.165) is 0 Å². The Morgan fingerprint density at radius 2 is 1.58 bits per heavy atom. The minimum absolute atomic E-state index is 0.0837. The fourth-order valence-electron chi connectivity index (χ4n) is 2.68. The lowest BCUT2D eigenvalue weighted by molar-refractivity contribution is 0.105. The van der Waals surface area contributed by atoms with E-state index in [4.69, 9.17) is 0 Å². The summed E-state index contributed by atoms with van der Waals surface area (Å²) in [6, 6.07) is 17.7. The predicted molar refractivity (Wildman–Crippen MR) is 98.3 cm³/mol. The highest BCUT2D eigenvalue weighted by Crippen LogP contribution is 2.27. The lowest BCUT2D eigenvalue weighted by Crippen LogP contribution is -2.07. The van der Waals surface area contributed by atoms with E-state index in [-0.39, 0.29) is 22.9 Å². The molecule has 2 heterocycles. The van der Waals surface area contributed by atoms with Gasteiger partial charge < -0.3 is 10.1 Å². The number of rotatable bonds is 4. The Hall–Kier alpha value is -3.80. The van der Waals surface area contributed by atoms with Crippen LogP contribution in [0, 0.1) is 0 Å². The molecule has 4 aromatic rings. The second-order valence-corrected chi connectivity index (χ2v) is 5.63. The first-order valence-corrected chi connectivity index (χ1v) is 7.98. The molecule has 0 aliphatic carbocycles. The van der Waals surface area contributed by atoms with Crippen LogP contribution in [0.4, 0.5) is 0 Å². The number of aliphatic hydroxyl groups is 1. The summed E-state index contributed by atoms with van der Waals surface area (Å²) in [6.45, 7) is 0. The van der Waals surface area contributed by atoms with Gasteiger partial charge in [-0.1, -0.05) is 60.7 Å². The summed E-state index contributed by atoms with van der Waals surface area (Å²) in [4.78, 5) is 28.5. The van der Waals surface area contributed by atoms with Crippen LogP contribution < -0.4 is 0 Å². The van der Waals surface area contributed by atoms with E-state index >= 15 is 0 Å². The first-order chi connectivity index (χ1) is 12.7. The van der Waals surface area contributed by atoms with Crippen molar-refractivity contribution in [3.8, 4) is 0 Å². The Kier molecular flexibility index (Phi) is 3.99. The first-order valence-electron chi connectivity index (χ1n) is 7.98. The zero-order valence-corrected chi connectivity index (χ0v) is 13.6. The van der Waals surface area contributed by atoms with Gasteiger partial charge in [0.05, 0.1) is 6.20 Å². The van der Waals surface area contributed by atoms with Crippen molar-refractivity contribution in [1.29, 1.82) is 0 Å². The van der Waals surface area contributed by atoms with Gasteiger partial charge in [-0.25, -0.2) is 15.0 Å². The summed E-state index contributed by atoms with van der Waals surface area (Å²) in [7, 11) is 0. The van der Waals surface area contributed by atoms with Crippen molar-refractivity contribution in [2.75, 3.05) is 0 Å². The molecule has 26 heavy (non-hydrogen) atoms. The Bertz CT molecular complexity index is 1070. The molecule has 0 aliphatic heterocycles. The lowest BCUT2D eigenvalue weighted by Gasteiger charge is -2.08. The van der Waals surface area contributed by atoms with Crippen LogP contribution in [0.3, 0.4) is 0 Å². The number of aromatic amines is 1. The standard InChI is InChI=1S/C20H14N4O2/c25-17(13-7-3-1-4-8-13)16(18(26)14-9-5-2-6-10-14)20-23-15-11-21-12-22-19(15)24-20/h1-12,25H,(H,21,22,23,24). The van der Waals surface area contributed by atoms with Gasteiger partial charge in [0.25, 0.3) is 0 Å². The molecule has 0 amide bonds. The van der Waals surface area contributed by atoms with E-state index in [1.807, 2.05) is 12.1 Å². The van der Waals surface area contributed by atoms with E-state index in [0.29, 0.717) is 22.3 Å². The quantitative estimate of drug-likeness (QED) is 0.335. The topological polar surface area (TPSA) is 91.8 Å². The largest absolute Gasteiger partial charge is 0.506 e. The monoisotopic (exact) mass is 342 g/mol. The van der Waals surface area contributed by atoms with Crippen molar-refractivity contribution in [1.82, 2.24) is 19.9 Å². The number of hydrogen-bond acceptors (Lipinski definition) is 5. The Labute approximate surface area is 148 Å². The van der Waals surface area contributed by atoms with Gasteiger partial charge in [-0.15, -0.1) is 0 Å². The molecule has 0 radical (unpaired) electrons. The zero-order chi connectivity index (χ0) is 17.9. The average Bonchev–Trinajstić information content (AvgIpc) is 3.13. The van der Waals surface area contributed by atoms with Crippen LogP contribution in [0.2, 0.25) is 0 Å². The number of ketones is 1. The molecule has 0 unspecified atom stereocenters. The highest BCUT2D eigenvalue weighted by Gasteiger charge is 2.23. The molecule has 6 heteroatoms. The van der Waals surface area contributed by atoms with Gasteiger partial charge in [-0.05, 0) is 0 Å². The molecule has 0 bridgehead atoms. The number of fused-ring (bicyclic) bond motifs is 1. The van der Waals surface area contributed by atoms with Gasteiger partial charge in [-0.2, -0.15) is 0 Å². The summed E-state index contributed by atoms with van der Waals surface area (Å²) < 4.78 is 0. The van der Waals surface area contributed by atoms with E-state index in [1.54, 1.807) is 54.7 Å². The highest BCUT2D eigenvalue weighted by atomic mass is 16.3. The number of aromatic nitrogens is 4. The van der Waals surface area contributed by atoms with E-state index in [9.17, 15) is 9.90 Å². The molecule has 0 aliphatic rings. The fraction of sp³-hybridized carbons (Fsp3) is 0. The third kappa shape index (κ3) is 2.84. The van der Waals surface area contributed by atoms with Gasteiger partial charge in [0, 0.05) is 11.1 Å². The predicted octanol–water partition coefficient (Wildman–Crippen LogP) is 3.66. The maximum Gasteiger partial charge on any atom is 0.200 e. The number of allylic oxidation sites excluding steroid dienone is 1. The summed E-state index contributed by atoms with van der Waals surface area (Å²) in [5.41, 5.74) is 2.08. The number of carbonyl (C=O) groups excluding carboxylic acids is 1. The van der Waals surface area contributed by atoms with E-state index in [2.05, 4.69) is 19.9 Å². The van der Waals surface area contributed by atoms with Crippen molar-refractivity contribution in [2.24, 2.45) is 0 Å². The molecule has 2 aromatic carbocycles. The molecule has 0 spiro atoms. The number of nitrogens with zero attached hydrogens (tertiary/aromatic N) is 3. The molecule has 0 fully saturated rings. The number of nitrogens with one attached hydrogen (secondary N) is 1. The molecule has 4 rings (SSSR count). The second-order valence-electron chi connectivity index (χ2n) is 5.63. The van der Waals surface area contributed by atoms with Crippen LogP contribution in [0.1, 0.15) is 21.7 Å². The summed E-state index contributed by atoms with van der Waals surface area (Å²) >= 11 is 0. The van der Waals surface area contributed by atoms with Gasteiger partial charge in [0.1, 0.15) is 29.0 Å². The number of benzene rings is 2. The summed E-state index contributed by atoms with van der Waals surface area (Å²) in [6.07, 6.45) is 2.95. The van der Waals surface area contributed by atoms with Gasteiger partial charge >= 0.3 is 0 Å². The van der Waals surface area contributed by atoms with Crippen LogP contribution in [0.15, 0.2) is 73.2 Å². The van der Waals surface area contributed by atoms with Crippen LogP contribution >= 0.6 is 0 Å². The number of carbonyl (C=O) groups is 1. The number of H-pyrrole nitrogens is 1. The van der Waals surface area contributed by atoms with E-state index < -0.39 is 0 Å². The second kappa shape index (κ2) is 6.60.